The molecule has 1 aliphatic carbocycles. The number of amides is 3. The monoisotopic (exact) mass is 342 g/mol. The molecule has 1 aromatic rings. The summed E-state index contributed by atoms with van der Waals surface area (Å²) in [5.74, 6) is -2.19. The van der Waals surface area contributed by atoms with E-state index >= 15 is 0 Å². The van der Waals surface area contributed by atoms with E-state index in [0.717, 1.165) is 4.90 Å². The molecule has 1 aromatic carbocycles. The molecule has 3 amide bonds. The summed E-state index contributed by atoms with van der Waals surface area (Å²) < 4.78 is 0. The molecule has 2 aliphatic heterocycles. The number of carboxylic acids is 1. The van der Waals surface area contributed by atoms with E-state index in [0.29, 0.717) is 43.5 Å². The van der Waals surface area contributed by atoms with Crippen LogP contribution in [-0.4, -0.2) is 58.2 Å². The van der Waals surface area contributed by atoms with Crippen LogP contribution < -0.4 is 0 Å². The topological polar surface area (TPSA) is 95.0 Å². The Hall–Kier alpha value is -2.70. The predicted molar refractivity (Wildman–Crippen MR) is 85.8 cm³/mol. The van der Waals surface area contributed by atoms with Gasteiger partial charge in [0.25, 0.3) is 11.8 Å². The van der Waals surface area contributed by atoms with Crippen LogP contribution in [0.25, 0.3) is 0 Å². The van der Waals surface area contributed by atoms with Gasteiger partial charge in [0.1, 0.15) is 6.54 Å². The quantitative estimate of drug-likeness (QED) is 0.827. The van der Waals surface area contributed by atoms with Crippen molar-refractivity contribution in [1.82, 2.24) is 9.80 Å². The van der Waals surface area contributed by atoms with E-state index in [1.807, 2.05) is 0 Å². The lowest BCUT2D eigenvalue weighted by atomic mass is 9.91. The first-order valence-corrected chi connectivity index (χ1v) is 8.39. The summed E-state index contributed by atoms with van der Waals surface area (Å²) in [5.41, 5.74) is 0.512. The Morgan fingerprint density at radius 1 is 1.08 bits per heavy atom. The maximum absolute atomic E-state index is 12.5. The summed E-state index contributed by atoms with van der Waals surface area (Å²) in [4.78, 5) is 50.9. The van der Waals surface area contributed by atoms with Gasteiger partial charge in [-0.05, 0) is 36.8 Å². The highest BCUT2D eigenvalue weighted by molar-refractivity contribution is 6.22. The summed E-state index contributed by atoms with van der Waals surface area (Å²) in [6.45, 7) is 0.694. The van der Waals surface area contributed by atoms with Crippen LogP contribution in [0, 0.1) is 11.3 Å². The Morgan fingerprint density at radius 2 is 1.64 bits per heavy atom. The number of carboxylic acid groups (broad SMARTS) is 1. The van der Waals surface area contributed by atoms with Crippen molar-refractivity contribution in [2.24, 2.45) is 11.3 Å². The second-order valence-electron chi connectivity index (χ2n) is 7.08. The molecule has 7 heteroatoms. The van der Waals surface area contributed by atoms with E-state index < -0.39 is 17.8 Å². The lowest BCUT2D eigenvalue weighted by Gasteiger charge is -2.33. The molecule has 130 valence electrons. The fourth-order valence-electron chi connectivity index (χ4n) is 4.07. The molecule has 0 aromatic heterocycles. The number of fused-ring (bicyclic) bond motifs is 1. The van der Waals surface area contributed by atoms with Gasteiger partial charge in [-0.2, -0.15) is 0 Å². The molecule has 1 saturated carbocycles. The normalized spacial score (nSPS) is 23.8. The third-order valence-corrected chi connectivity index (χ3v) is 5.77. The third kappa shape index (κ3) is 2.42. The van der Waals surface area contributed by atoms with Crippen molar-refractivity contribution in [2.75, 3.05) is 19.6 Å². The first-order valence-electron chi connectivity index (χ1n) is 8.39. The minimum Gasteiger partial charge on any atom is -0.481 e. The zero-order valence-electron chi connectivity index (χ0n) is 13.6. The molecule has 1 spiro atoms. The van der Waals surface area contributed by atoms with E-state index in [4.69, 9.17) is 5.11 Å². The standard InChI is InChI=1S/C18H18N2O5/c21-14(19-7-5-18(6-8-19)9-13(18)17(24)25)10-20-15(22)11-3-1-2-4-12(11)16(20)23/h1-4,13H,5-10H2,(H,24,25). The molecule has 1 saturated heterocycles. The zero-order valence-corrected chi connectivity index (χ0v) is 13.6. The molecule has 2 heterocycles. The Balaban J connectivity index is 1.39. The maximum Gasteiger partial charge on any atom is 0.307 e. The zero-order chi connectivity index (χ0) is 17.8. The molecule has 0 radical (unpaired) electrons. The van der Waals surface area contributed by atoms with Crippen LogP contribution in [0.1, 0.15) is 40.0 Å². The fraction of sp³-hybridized carbons (Fsp3) is 0.444. The highest BCUT2D eigenvalue weighted by Gasteiger charge is 2.59. The van der Waals surface area contributed by atoms with Gasteiger partial charge in [-0.25, -0.2) is 0 Å². The second kappa shape index (κ2) is 5.40. The van der Waals surface area contributed by atoms with Crippen LogP contribution in [0.2, 0.25) is 0 Å². The molecule has 4 rings (SSSR count). The van der Waals surface area contributed by atoms with Gasteiger partial charge in [0.05, 0.1) is 17.0 Å². The van der Waals surface area contributed by atoms with Crippen molar-refractivity contribution in [3.8, 4) is 0 Å². The van der Waals surface area contributed by atoms with Crippen molar-refractivity contribution in [3.63, 3.8) is 0 Å². The van der Waals surface area contributed by atoms with E-state index in [-0.39, 0.29) is 23.8 Å². The number of likely N-dealkylation sites (tertiary alicyclic amines) is 1. The highest BCUT2D eigenvalue weighted by atomic mass is 16.4. The molecular weight excluding hydrogens is 324 g/mol. The van der Waals surface area contributed by atoms with E-state index in [1.165, 1.54) is 0 Å². The average molecular weight is 342 g/mol. The number of benzene rings is 1. The predicted octanol–water partition coefficient (Wildman–Crippen LogP) is 0.996. The van der Waals surface area contributed by atoms with Crippen molar-refractivity contribution in [2.45, 2.75) is 19.3 Å². The van der Waals surface area contributed by atoms with Gasteiger partial charge in [-0.3, -0.25) is 24.1 Å². The molecule has 3 aliphatic rings. The fourth-order valence-corrected chi connectivity index (χ4v) is 4.07. The average Bonchev–Trinajstić information content (AvgIpc) is 3.26. The first-order chi connectivity index (χ1) is 11.9. The van der Waals surface area contributed by atoms with Crippen molar-refractivity contribution >= 4 is 23.7 Å². The highest BCUT2D eigenvalue weighted by Crippen LogP contribution is 2.59. The molecule has 1 unspecified atom stereocenters. The lowest BCUT2D eigenvalue weighted by molar-refractivity contribution is -0.140. The number of hydrogen-bond acceptors (Lipinski definition) is 4. The summed E-state index contributed by atoms with van der Waals surface area (Å²) in [6.07, 6.45) is 2.01. The minimum absolute atomic E-state index is 0.155. The number of hydrogen-bond donors (Lipinski definition) is 1. The number of carbonyl (C=O) groups is 4. The third-order valence-electron chi connectivity index (χ3n) is 5.77. The van der Waals surface area contributed by atoms with Crippen molar-refractivity contribution in [3.05, 3.63) is 35.4 Å². The number of rotatable bonds is 3. The van der Waals surface area contributed by atoms with Gasteiger partial charge in [-0.1, -0.05) is 12.1 Å². The van der Waals surface area contributed by atoms with Crippen LogP contribution in [-0.2, 0) is 9.59 Å². The second-order valence-corrected chi connectivity index (χ2v) is 7.08. The molecule has 1 atom stereocenters. The van der Waals surface area contributed by atoms with Gasteiger partial charge >= 0.3 is 5.97 Å². The Kier molecular flexibility index (Phi) is 3.42. The van der Waals surface area contributed by atoms with E-state index in [9.17, 15) is 19.2 Å². The van der Waals surface area contributed by atoms with Gasteiger partial charge in [-0.15, -0.1) is 0 Å². The molecule has 7 nitrogen and oxygen atoms in total. The molecule has 2 fully saturated rings. The Bertz CT molecular complexity index is 759. The van der Waals surface area contributed by atoms with E-state index in [1.54, 1.807) is 29.2 Å². The molecule has 0 bridgehead atoms. The number of aliphatic carboxylic acids is 1. The lowest BCUT2D eigenvalue weighted by Crippen LogP contribution is -2.46. The van der Waals surface area contributed by atoms with Gasteiger partial charge < -0.3 is 10.0 Å². The molecule has 1 N–H and O–H groups in total. The van der Waals surface area contributed by atoms with Gasteiger partial charge in [0.2, 0.25) is 5.91 Å². The number of nitrogens with zero attached hydrogens (tertiary/aromatic N) is 2. The Labute approximate surface area is 144 Å². The summed E-state index contributed by atoms with van der Waals surface area (Å²) in [6, 6.07) is 6.55. The summed E-state index contributed by atoms with van der Waals surface area (Å²) in [7, 11) is 0. The largest absolute Gasteiger partial charge is 0.481 e. The van der Waals surface area contributed by atoms with Gasteiger partial charge in [0.15, 0.2) is 0 Å². The number of imide groups is 1. The maximum atomic E-state index is 12.5. The number of carbonyl (C=O) groups excluding carboxylic acids is 3. The summed E-state index contributed by atoms with van der Waals surface area (Å²) in [5, 5.41) is 9.12. The molecule has 25 heavy (non-hydrogen) atoms. The first kappa shape index (κ1) is 15.8. The number of piperidine rings is 1. The van der Waals surface area contributed by atoms with Crippen LogP contribution in [0.4, 0.5) is 0 Å². The minimum atomic E-state index is -0.759. The van der Waals surface area contributed by atoms with Crippen LogP contribution in [0.5, 0.6) is 0 Å². The SMILES string of the molecule is O=C(O)C1CC12CCN(C(=O)CN1C(=O)c3ccccc3C1=O)CC2. The van der Waals surface area contributed by atoms with Crippen LogP contribution >= 0.6 is 0 Å². The smallest absolute Gasteiger partial charge is 0.307 e. The van der Waals surface area contributed by atoms with E-state index in [2.05, 4.69) is 0 Å². The van der Waals surface area contributed by atoms with Crippen LogP contribution in [0.3, 0.4) is 0 Å². The van der Waals surface area contributed by atoms with Gasteiger partial charge in [0, 0.05) is 13.1 Å². The van der Waals surface area contributed by atoms with Crippen molar-refractivity contribution < 1.29 is 24.3 Å². The summed E-state index contributed by atoms with van der Waals surface area (Å²) >= 11 is 0. The van der Waals surface area contributed by atoms with Crippen molar-refractivity contribution in [1.29, 1.82) is 0 Å². The van der Waals surface area contributed by atoms with Crippen LogP contribution in [0.15, 0.2) is 24.3 Å². The Morgan fingerprint density at radius 3 is 2.12 bits per heavy atom. The molecular formula is C18H18N2O5.